The van der Waals surface area contributed by atoms with Crippen molar-refractivity contribution in [1.82, 2.24) is 9.78 Å². The van der Waals surface area contributed by atoms with Crippen molar-refractivity contribution in [3.05, 3.63) is 59.9 Å². The van der Waals surface area contributed by atoms with Crippen molar-refractivity contribution in [2.75, 3.05) is 6.61 Å². The lowest BCUT2D eigenvalue weighted by molar-refractivity contribution is -0.137. The second kappa shape index (κ2) is 6.54. The van der Waals surface area contributed by atoms with Crippen molar-refractivity contribution in [1.29, 1.82) is 0 Å². The Morgan fingerprint density at radius 2 is 2.16 bits per heavy atom. The van der Waals surface area contributed by atoms with Gasteiger partial charge in [0, 0.05) is 17.8 Å². The Balaban J connectivity index is 1.97. The predicted octanol–water partition coefficient (Wildman–Crippen LogP) is 2.51. The van der Waals surface area contributed by atoms with E-state index in [1.54, 1.807) is 19.2 Å². The second-order valence-corrected chi connectivity index (χ2v) is 4.04. The Bertz CT molecular complexity index is 559. The van der Waals surface area contributed by atoms with Crippen LogP contribution < -0.4 is 0 Å². The molecule has 0 radical (unpaired) electrons. The maximum atomic E-state index is 11.2. The van der Waals surface area contributed by atoms with Crippen LogP contribution in [0, 0.1) is 0 Å². The van der Waals surface area contributed by atoms with Crippen LogP contribution in [-0.2, 0) is 16.1 Å². The van der Waals surface area contributed by atoms with E-state index in [1.807, 2.05) is 29.1 Å². The molecule has 0 aliphatic heterocycles. The van der Waals surface area contributed by atoms with Crippen molar-refractivity contribution in [3.63, 3.8) is 0 Å². The van der Waals surface area contributed by atoms with E-state index in [1.165, 1.54) is 11.6 Å². The molecular formula is C15H16N2O2. The quantitative estimate of drug-likeness (QED) is 0.610. The number of esters is 1. The number of rotatable bonds is 5. The molecule has 4 heteroatoms. The molecule has 4 nitrogen and oxygen atoms in total. The molecule has 0 aliphatic carbocycles. The van der Waals surface area contributed by atoms with Crippen LogP contribution in [0.1, 0.15) is 18.1 Å². The summed E-state index contributed by atoms with van der Waals surface area (Å²) in [6.07, 6.45) is 6.72. The molecule has 19 heavy (non-hydrogen) atoms. The van der Waals surface area contributed by atoms with Gasteiger partial charge < -0.3 is 4.74 Å². The third kappa shape index (κ3) is 4.10. The summed E-state index contributed by atoms with van der Waals surface area (Å²) in [6, 6.07) is 10.1. The highest BCUT2D eigenvalue weighted by Gasteiger charge is 1.98. The summed E-state index contributed by atoms with van der Waals surface area (Å²) in [6.45, 7) is 2.88. The molecule has 2 aromatic rings. The SMILES string of the molecule is CCOC(=O)/C=C/c1cnn(Cc2ccccc2)c1. The normalized spacial score (nSPS) is 10.8. The van der Waals surface area contributed by atoms with Gasteiger partial charge in [-0.25, -0.2) is 4.79 Å². The van der Waals surface area contributed by atoms with E-state index >= 15 is 0 Å². The number of benzene rings is 1. The van der Waals surface area contributed by atoms with Crippen LogP contribution in [0.4, 0.5) is 0 Å². The Kier molecular flexibility index (Phi) is 4.50. The van der Waals surface area contributed by atoms with Gasteiger partial charge in [-0.3, -0.25) is 4.68 Å². The molecule has 0 bridgehead atoms. The third-order valence-electron chi connectivity index (χ3n) is 2.54. The summed E-state index contributed by atoms with van der Waals surface area (Å²) < 4.78 is 6.65. The molecule has 0 atom stereocenters. The summed E-state index contributed by atoms with van der Waals surface area (Å²) in [4.78, 5) is 11.2. The molecule has 0 saturated heterocycles. The lowest BCUT2D eigenvalue weighted by Gasteiger charge is -2.00. The van der Waals surface area contributed by atoms with E-state index in [9.17, 15) is 4.79 Å². The Hall–Kier alpha value is -2.36. The minimum absolute atomic E-state index is 0.335. The molecule has 1 aromatic carbocycles. The average molecular weight is 256 g/mol. The summed E-state index contributed by atoms with van der Waals surface area (Å²) in [5.41, 5.74) is 2.07. The Morgan fingerprint density at radius 3 is 2.89 bits per heavy atom. The maximum Gasteiger partial charge on any atom is 0.330 e. The fourth-order valence-electron chi connectivity index (χ4n) is 1.68. The smallest absolute Gasteiger partial charge is 0.330 e. The van der Waals surface area contributed by atoms with Crippen LogP contribution in [0.3, 0.4) is 0 Å². The van der Waals surface area contributed by atoms with Gasteiger partial charge in [0.1, 0.15) is 0 Å². The molecule has 98 valence electrons. The standard InChI is InChI=1S/C15H16N2O2/c1-2-19-15(18)9-8-14-10-16-17(12-14)11-13-6-4-3-5-7-13/h3-10,12H,2,11H2,1H3/b9-8+. The summed E-state index contributed by atoms with van der Waals surface area (Å²) >= 11 is 0. The fourth-order valence-corrected chi connectivity index (χ4v) is 1.68. The average Bonchev–Trinajstić information content (AvgIpc) is 2.86. The van der Waals surface area contributed by atoms with Gasteiger partial charge in [0.2, 0.25) is 0 Å². The van der Waals surface area contributed by atoms with E-state index in [4.69, 9.17) is 4.74 Å². The molecule has 1 aromatic heterocycles. The van der Waals surface area contributed by atoms with Crippen LogP contribution in [-0.4, -0.2) is 22.4 Å². The van der Waals surface area contributed by atoms with E-state index in [2.05, 4.69) is 17.2 Å². The zero-order chi connectivity index (χ0) is 13.5. The molecule has 0 amide bonds. The first-order valence-electron chi connectivity index (χ1n) is 6.19. The lowest BCUT2D eigenvalue weighted by Crippen LogP contribution is -1.99. The van der Waals surface area contributed by atoms with Crippen molar-refractivity contribution in [2.45, 2.75) is 13.5 Å². The topological polar surface area (TPSA) is 44.1 Å². The highest BCUT2D eigenvalue weighted by atomic mass is 16.5. The highest BCUT2D eigenvalue weighted by molar-refractivity contribution is 5.86. The number of aromatic nitrogens is 2. The number of nitrogens with zero attached hydrogens (tertiary/aromatic N) is 2. The molecule has 0 N–H and O–H groups in total. The first-order valence-corrected chi connectivity index (χ1v) is 6.19. The fraction of sp³-hybridized carbons (Fsp3) is 0.200. The van der Waals surface area contributed by atoms with Gasteiger partial charge in [0.05, 0.1) is 19.3 Å². The third-order valence-corrected chi connectivity index (χ3v) is 2.54. The predicted molar refractivity (Wildman–Crippen MR) is 73.4 cm³/mol. The zero-order valence-electron chi connectivity index (χ0n) is 10.8. The van der Waals surface area contributed by atoms with Gasteiger partial charge in [0.25, 0.3) is 0 Å². The number of hydrogen-bond donors (Lipinski definition) is 0. The first-order chi connectivity index (χ1) is 9.28. The molecule has 0 fully saturated rings. The Morgan fingerprint density at radius 1 is 1.37 bits per heavy atom. The molecule has 0 unspecified atom stereocenters. The van der Waals surface area contributed by atoms with Crippen LogP contribution >= 0.6 is 0 Å². The van der Waals surface area contributed by atoms with Crippen LogP contribution in [0.25, 0.3) is 6.08 Å². The minimum Gasteiger partial charge on any atom is -0.463 e. The van der Waals surface area contributed by atoms with Gasteiger partial charge in [-0.2, -0.15) is 5.10 Å². The zero-order valence-corrected chi connectivity index (χ0v) is 10.8. The van der Waals surface area contributed by atoms with Gasteiger partial charge >= 0.3 is 5.97 Å². The van der Waals surface area contributed by atoms with Crippen LogP contribution in [0.5, 0.6) is 0 Å². The minimum atomic E-state index is -0.335. The molecule has 1 heterocycles. The van der Waals surface area contributed by atoms with Crippen molar-refractivity contribution in [2.24, 2.45) is 0 Å². The summed E-state index contributed by atoms with van der Waals surface area (Å²) in [5, 5.41) is 4.25. The van der Waals surface area contributed by atoms with Gasteiger partial charge in [0.15, 0.2) is 0 Å². The monoisotopic (exact) mass is 256 g/mol. The number of ether oxygens (including phenoxy) is 1. The van der Waals surface area contributed by atoms with E-state index in [0.29, 0.717) is 13.2 Å². The van der Waals surface area contributed by atoms with E-state index in [-0.39, 0.29) is 5.97 Å². The van der Waals surface area contributed by atoms with Crippen molar-refractivity contribution >= 4 is 12.0 Å². The number of carbonyl (C=O) groups is 1. The van der Waals surface area contributed by atoms with Gasteiger partial charge in [-0.05, 0) is 18.6 Å². The number of carbonyl (C=O) groups excluding carboxylic acids is 1. The molecule has 0 aliphatic rings. The molecule has 0 spiro atoms. The van der Waals surface area contributed by atoms with Crippen molar-refractivity contribution < 1.29 is 9.53 Å². The molecule has 2 rings (SSSR count). The Labute approximate surface area is 112 Å². The maximum absolute atomic E-state index is 11.2. The summed E-state index contributed by atoms with van der Waals surface area (Å²) in [5.74, 6) is -0.335. The molecular weight excluding hydrogens is 240 g/mol. The van der Waals surface area contributed by atoms with Crippen LogP contribution in [0.2, 0.25) is 0 Å². The van der Waals surface area contributed by atoms with Crippen molar-refractivity contribution in [3.8, 4) is 0 Å². The van der Waals surface area contributed by atoms with E-state index < -0.39 is 0 Å². The first kappa shape index (κ1) is 13.1. The summed E-state index contributed by atoms with van der Waals surface area (Å²) in [7, 11) is 0. The molecule has 0 saturated carbocycles. The van der Waals surface area contributed by atoms with E-state index in [0.717, 1.165) is 5.56 Å². The highest BCUT2D eigenvalue weighted by Crippen LogP contribution is 2.05. The number of hydrogen-bond acceptors (Lipinski definition) is 3. The lowest BCUT2D eigenvalue weighted by atomic mass is 10.2. The van der Waals surface area contributed by atoms with Crippen LogP contribution in [0.15, 0.2) is 48.8 Å². The van der Waals surface area contributed by atoms with Gasteiger partial charge in [-0.1, -0.05) is 30.3 Å². The largest absolute Gasteiger partial charge is 0.463 e. The van der Waals surface area contributed by atoms with Gasteiger partial charge in [-0.15, -0.1) is 0 Å². The second-order valence-electron chi connectivity index (χ2n) is 4.04.